The van der Waals surface area contributed by atoms with E-state index < -0.39 is 5.97 Å². The third-order valence-corrected chi connectivity index (χ3v) is 2.54. The Morgan fingerprint density at radius 2 is 1.74 bits per heavy atom. The van der Waals surface area contributed by atoms with E-state index in [4.69, 9.17) is 4.74 Å². The summed E-state index contributed by atoms with van der Waals surface area (Å²) in [6, 6.07) is 2.42. The molecule has 19 heavy (non-hydrogen) atoms. The smallest absolute Gasteiger partial charge is 0.331 e. The lowest BCUT2D eigenvalue weighted by atomic mass is 10.0. The highest BCUT2D eigenvalue weighted by Gasteiger charge is 2.13. The summed E-state index contributed by atoms with van der Waals surface area (Å²) in [5.41, 5.74) is 0.832. The molecular formula is C14H16O5. The lowest BCUT2D eigenvalue weighted by molar-refractivity contribution is -0.137. The lowest BCUT2D eigenvalue weighted by Gasteiger charge is -2.09. The van der Waals surface area contributed by atoms with Crippen molar-refractivity contribution < 1.29 is 24.5 Å². The number of hydrogen-bond donors (Lipinski definition) is 2. The van der Waals surface area contributed by atoms with E-state index in [-0.39, 0.29) is 29.5 Å². The van der Waals surface area contributed by atoms with Gasteiger partial charge in [0.2, 0.25) is 0 Å². The third-order valence-electron chi connectivity index (χ3n) is 2.54. The number of rotatable bonds is 4. The number of hydrogen-bond acceptors (Lipinski definition) is 5. The summed E-state index contributed by atoms with van der Waals surface area (Å²) in [5, 5.41) is 19.3. The van der Waals surface area contributed by atoms with Crippen LogP contribution < -0.4 is 0 Å². The zero-order valence-corrected chi connectivity index (χ0v) is 11.1. The fraction of sp³-hybridized carbons (Fsp3) is 0.286. The molecule has 0 aliphatic rings. The summed E-state index contributed by atoms with van der Waals surface area (Å²) >= 11 is 0. The number of carbonyl (C=O) groups is 2. The Morgan fingerprint density at radius 1 is 1.16 bits per heavy atom. The Morgan fingerprint density at radius 3 is 2.26 bits per heavy atom. The molecule has 2 N–H and O–H groups in total. The Balaban J connectivity index is 3.23. The van der Waals surface area contributed by atoms with Crippen LogP contribution in [0, 0.1) is 0 Å². The summed E-state index contributed by atoms with van der Waals surface area (Å²) < 4.78 is 4.76. The predicted molar refractivity (Wildman–Crippen MR) is 70.1 cm³/mol. The number of esters is 1. The minimum absolute atomic E-state index is 0.0874. The summed E-state index contributed by atoms with van der Waals surface area (Å²) in [4.78, 5) is 22.7. The van der Waals surface area contributed by atoms with Crippen molar-refractivity contribution in [2.24, 2.45) is 0 Å². The molecule has 0 atom stereocenters. The molecule has 102 valence electrons. The molecule has 5 heteroatoms. The monoisotopic (exact) mass is 264 g/mol. The van der Waals surface area contributed by atoms with Gasteiger partial charge in [0.15, 0.2) is 5.78 Å². The average Bonchev–Trinajstić information content (AvgIpc) is 2.28. The number of ether oxygens (including phenoxy) is 1. The van der Waals surface area contributed by atoms with Gasteiger partial charge in [-0.2, -0.15) is 0 Å². The highest BCUT2D eigenvalue weighted by atomic mass is 16.5. The van der Waals surface area contributed by atoms with Crippen LogP contribution in [0.1, 0.15) is 36.7 Å². The number of phenols is 2. The van der Waals surface area contributed by atoms with Crippen molar-refractivity contribution in [2.75, 3.05) is 6.61 Å². The molecule has 0 unspecified atom stereocenters. The Bertz CT molecular complexity index is 543. The first-order valence-corrected chi connectivity index (χ1v) is 5.79. The van der Waals surface area contributed by atoms with Crippen LogP contribution in [-0.2, 0) is 9.53 Å². The van der Waals surface area contributed by atoms with Crippen LogP contribution in [0.3, 0.4) is 0 Å². The van der Waals surface area contributed by atoms with Crippen LogP contribution in [0.2, 0.25) is 0 Å². The Hall–Kier alpha value is -2.30. The van der Waals surface area contributed by atoms with E-state index in [1.54, 1.807) is 13.8 Å². The van der Waals surface area contributed by atoms with Gasteiger partial charge >= 0.3 is 5.97 Å². The van der Waals surface area contributed by atoms with Gasteiger partial charge in [-0.1, -0.05) is 0 Å². The molecule has 0 aromatic heterocycles. The molecule has 0 heterocycles. The molecule has 0 spiro atoms. The SMILES string of the molecule is CCOC(=O)/C=C(\C)c1cc(C(C)=O)c(O)cc1O. The zero-order chi connectivity index (χ0) is 14.6. The minimum atomic E-state index is -0.531. The van der Waals surface area contributed by atoms with Crippen molar-refractivity contribution in [3.05, 3.63) is 29.3 Å². The van der Waals surface area contributed by atoms with Gasteiger partial charge in [-0.15, -0.1) is 0 Å². The molecular weight excluding hydrogens is 248 g/mol. The van der Waals surface area contributed by atoms with E-state index >= 15 is 0 Å². The van der Waals surface area contributed by atoms with Crippen LogP contribution in [0.25, 0.3) is 5.57 Å². The second-order valence-corrected chi connectivity index (χ2v) is 4.02. The van der Waals surface area contributed by atoms with E-state index in [2.05, 4.69) is 0 Å². The average molecular weight is 264 g/mol. The maximum atomic E-state index is 11.3. The van der Waals surface area contributed by atoms with Crippen molar-refractivity contribution >= 4 is 17.3 Å². The predicted octanol–water partition coefficient (Wildman–Crippen LogP) is 2.27. The minimum Gasteiger partial charge on any atom is -0.507 e. The first kappa shape index (κ1) is 14.8. The molecule has 0 amide bonds. The quantitative estimate of drug-likeness (QED) is 0.495. The summed E-state index contributed by atoms with van der Waals surface area (Å²) in [6.45, 7) is 4.85. The number of allylic oxidation sites excluding steroid dienone is 1. The van der Waals surface area contributed by atoms with Crippen molar-refractivity contribution in [2.45, 2.75) is 20.8 Å². The van der Waals surface area contributed by atoms with Crippen molar-refractivity contribution in [3.63, 3.8) is 0 Å². The normalized spacial score (nSPS) is 11.2. The molecule has 0 saturated heterocycles. The van der Waals surface area contributed by atoms with Gasteiger partial charge in [0.25, 0.3) is 0 Å². The topological polar surface area (TPSA) is 83.8 Å². The summed E-state index contributed by atoms with van der Waals surface area (Å²) in [5.74, 6) is -1.36. The van der Waals surface area contributed by atoms with Gasteiger partial charge < -0.3 is 14.9 Å². The van der Waals surface area contributed by atoms with E-state index in [1.165, 1.54) is 19.1 Å². The highest BCUT2D eigenvalue weighted by molar-refractivity contribution is 5.99. The first-order valence-electron chi connectivity index (χ1n) is 5.79. The highest BCUT2D eigenvalue weighted by Crippen LogP contribution is 2.32. The number of phenolic OH excluding ortho intramolecular Hbond substituents is 2. The molecule has 1 aromatic rings. The maximum absolute atomic E-state index is 11.3. The summed E-state index contributed by atoms with van der Waals surface area (Å²) in [6.07, 6.45) is 1.22. The molecule has 0 saturated carbocycles. The van der Waals surface area contributed by atoms with Gasteiger partial charge in [0.05, 0.1) is 12.2 Å². The molecule has 0 fully saturated rings. The number of aromatic hydroxyl groups is 2. The standard InChI is InChI=1S/C14H16O5/c1-4-19-14(18)5-8(2)10-6-11(9(3)15)13(17)7-12(10)16/h5-7,16-17H,4H2,1-3H3/b8-5+. The van der Waals surface area contributed by atoms with Gasteiger partial charge in [0, 0.05) is 17.7 Å². The van der Waals surface area contributed by atoms with Gasteiger partial charge in [0.1, 0.15) is 11.5 Å². The maximum Gasteiger partial charge on any atom is 0.331 e. The van der Waals surface area contributed by atoms with E-state index in [0.717, 1.165) is 6.07 Å². The second-order valence-electron chi connectivity index (χ2n) is 4.02. The van der Waals surface area contributed by atoms with Crippen LogP contribution in [-0.4, -0.2) is 28.6 Å². The first-order chi connectivity index (χ1) is 8.86. The van der Waals surface area contributed by atoms with Gasteiger partial charge in [-0.05, 0) is 32.4 Å². The molecule has 5 nitrogen and oxygen atoms in total. The zero-order valence-electron chi connectivity index (χ0n) is 11.1. The molecule has 1 aromatic carbocycles. The van der Waals surface area contributed by atoms with Crippen LogP contribution in [0.5, 0.6) is 11.5 Å². The number of Topliss-reactive ketones (excluding diaryl/α,β-unsaturated/α-hetero) is 1. The van der Waals surface area contributed by atoms with Gasteiger partial charge in [-0.3, -0.25) is 4.79 Å². The van der Waals surface area contributed by atoms with E-state index in [9.17, 15) is 19.8 Å². The van der Waals surface area contributed by atoms with Crippen LogP contribution in [0.15, 0.2) is 18.2 Å². The van der Waals surface area contributed by atoms with Crippen molar-refractivity contribution in [3.8, 4) is 11.5 Å². The largest absolute Gasteiger partial charge is 0.507 e. The van der Waals surface area contributed by atoms with E-state index in [1.807, 2.05) is 0 Å². The summed E-state index contributed by atoms with van der Waals surface area (Å²) in [7, 11) is 0. The van der Waals surface area contributed by atoms with Crippen molar-refractivity contribution in [1.29, 1.82) is 0 Å². The number of carbonyl (C=O) groups excluding carboxylic acids is 2. The van der Waals surface area contributed by atoms with Crippen LogP contribution in [0.4, 0.5) is 0 Å². The lowest BCUT2D eigenvalue weighted by Crippen LogP contribution is -2.01. The fourth-order valence-corrected chi connectivity index (χ4v) is 1.61. The number of ketones is 1. The molecule has 0 radical (unpaired) electrons. The Labute approximate surface area is 111 Å². The van der Waals surface area contributed by atoms with Crippen LogP contribution >= 0.6 is 0 Å². The molecule has 0 aliphatic carbocycles. The second kappa shape index (κ2) is 6.04. The molecule has 0 bridgehead atoms. The fourth-order valence-electron chi connectivity index (χ4n) is 1.61. The van der Waals surface area contributed by atoms with Crippen molar-refractivity contribution in [1.82, 2.24) is 0 Å². The van der Waals surface area contributed by atoms with Gasteiger partial charge in [-0.25, -0.2) is 4.79 Å². The Kier molecular flexibility index (Phi) is 4.69. The number of benzene rings is 1. The third kappa shape index (κ3) is 3.58. The molecule has 0 aliphatic heterocycles. The van der Waals surface area contributed by atoms with E-state index in [0.29, 0.717) is 11.1 Å². The molecule has 1 rings (SSSR count).